The number of aryl methyl sites for hydroxylation is 1. The molecule has 0 bridgehead atoms. The van der Waals surface area contributed by atoms with Gasteiger partial charge in [0.15, 0.2) is 11.6 Å². The first-order valence-corrected chi connectivity index (χ1v) is 14.9. The molecule has 0 aliphatic heterocycles. The molecule has 0 fully saturated rings. The van der Waals surface area contributed by atoms with Gasteiger partial charge in [-0.15, -0.1) is 0 Å². The maximum absolute atomic E-state index is 15.2. The van der Waals surface area contributed by atoms with Crippen molar-refractivity contribution in [1.29, 1.82) is 0 Å². The highest BCUT2D eigenvalue weighted by Crippen LogP contribution is 2.36. The van der Waals surface area contributed by atoms with Crippen LogP contribution in [0.3, 0.4) is 0 Å². The van der Waals surface area contributed by atoms with E-state index in [-0.39, 0.29) is 17.6 Å². The maximum atomic E-state index is 15.2. The van der Waals surface area contributed by atoms with Crippen molar-refractivity contribution < 1.29 is 37.2 Å². The lowest BCUT2D eigenvalue weighted by molar-refractivity contribution is -0.0140. The van der Waals surface area contributed by atoms with Crippen molar-refractivity contribution in [2.24, 2.45) is 7.05 Å². The molecule has 0 aliphatic carbocycles. The van der Waals surface area contributed by atoms with Crippen LogP contribution in [0.2, 0.25) is 0 Å². The normalized spacial score (nSPS) is 11.5. The Hall–Kier alpha value is -4.00. The zero-order valence-corrected chi connectivity index (χ0v) is 25.3. The largest absolute Gasteiger partial charge is 0.475 e. The van der Waals surface area contributed by atoms with Gasteiger partial charge >= 0.3 is 0 Å². The van der Waals surface area contributed by atoms with Crippen molar-refractivity contribution in [2.45, 2.75) is 6.61 Å². The van der Waals surface area contributed by atoms with Gasteiger partial charge in [0.25, 0.3) is 0 Å². The predicted molar refractivity (Wildman–Crippen MR) is 166 cm³/mol. The van der Waals surface area contributed by atoms with E-state index in [1.54, 1.807) is 36.7 Å². The van der Waals surface area contributed by atoms with Crippen molar-refractivity contribution in [1.82, 2.24) is 14.5 Å². The van der Waals surface area contributed by atoms with Gasteiger partial charge in [0.05, 0.1) is 77.1 Å². The summed E-state index contributed by atoms with van der Waals surface area (Å²) in [4.78, 5) is 8.32. The number of ether oxygens (including phenoxy) is 6. The van der Waals surface area contributed by atoms with Crippen molar-refractivity contribution in [3.8, 4) is 17.0 Å². The highest BCUT2D eigenvalue weighted by atomic mass is 19.2. The van der Waals surface area contributed by atoms with E-state index in [0.29, 0.717) is 88.4 Å². The summed E-state index contributed by atoms with van der Waals surface area (Å²) >= 11 is 0. The van der Waals surface area contributed by atoms with Crippen molar-refractivity contribution >= 4 is 21.8 Å². The van der Waals surface area contributed by atoms with E-state index < -0.39 is 11.6 Å². The molecule has 0 unspecified atom stereocenters. The predicted octanol–water partition coefficient (Wildman–Crippen LogP) is 5.73. The minimum Gasteiger partial charge on any atom is -0.475 e. The zero-order valence-electron chi connectivity index (χ0n) is 25.3. The van der Waals surface area contributed by atoms with E-state index in [0.717, 1.165) is 11.1 Å². The molecule has 2 aromatic carbocycles. The summed E-state index contributed by atoms with van der Waals surface area (Å²) in [6, 6.07) is 16.7. The summed E-state index contributed by atoms with van der Waals surface area (Å²) in [6.45, 7) is 5.07. The van der Waals surface area contributed by atoms with Crippen LogP contribution in [0.1, 0.15) is 5.56 Å². The van der Waals surface area contributed by atoms with E-state index in [4.69, 9.17) is 28.4 Å². The fourth-order valence-electron chi connectivity index (χ4n) is 4.82. The minimum absolute atomic E-state index is 0.125. The number of fused-ring (bicyclic) bond motifs is 3. The van der Waals surface area contributed by atoms with Crippen molar-refractivity contribution in [2.75, 3.05) is 66.1 Å². The Morgan fingerprint density at radius 1 is 0.667 bits per heavy atom. The van der Waals surface area contributed by atoms with Gasteiger partial charge < -0.3 is 33.0 Å². The number of nitrogens with zero attached hydrogens (tertiary/aromatic N) is 3. The lowest BCUT2D eigenvalue weighted by Gasteiger charge is -2.10. The summed E-state index contributed by atoms with van der Waals surface area (Å²) in [7, 11) is 1.81. The zero-order chi connectivity index (χ0) is 31.3. The topological polar surface area (TPSA) is 86.1 Å². The maximum Gasteiger partial charge on any atom is 0.213 e. The number of pyridine rings is 2. The molecule has 5 rings (SSSR count). The van der Waals surface area contributed by atoms with E-state index >= 15 is 8.78 Å². The molecule has 0 N–H and O–H groups in total. The number of hydrogen-bond acceptors (Lipinski definition) is 8. The summed E-state index contributed by atoms with van der Waals surface area (Å²) in [5.41, 5.74) is 3.05. The molecule has 0 saturated heterocycles. The van der Waals surface area contributed by atoms with E-state index in [2.05, 4.69) is 9.97 Å². The smallest absolute Gasteiger partial charge is 0.213 e. The highest BCUT2D eigenvalue weighted by Gasteiger charge is 2.20. The van der Waals surface area contributed by atoms with Crippen LogP contribution in [0.15, 0.2) is 73.2 Å². The van der Waals surface area contributed by atoms with Gasteiger partial charge in [-0.2, -0.15) is 0 Å². The standard InChI is InChI=1S/C34H37F2N3O6/c1-39-29-9-10-37-23-28(29)32-30(39)21-27(33(35)34(32)36)26-7-8-31(38-22-26)45-20-19-43-16-15-41-12-11-40-13-14-42-17-18-44-24-25-5-3-2-4-6-25/h2-10,21-23H,11-20,24H2,1H3. The number of benzene rings is 2. The van der Waals surface area contributed by atoms with Crippen LogP contribution in [-0.4, -0.2) is 80.6 Å². The monoisotopic (exact) mass is 621 g/mol. The van der Waals surface area contributed by atoms with E-state index in [1.807, 2.05) is 41.9 Å². The molecule has 0 atom stereocenters. The molecule has 3 heterocycles. The van der Waals surface area contributed by atoms with Crippen LogP contribution >= 0.6 is 0 Å². The molecule has 11 heteroatoms. The number of hydrogen-bond donors (Lipinski definition) is 0. The summed E-state index contributed by atoms with van der Waals surface area (Å²) < 4.78 is 65.3. The quantitative estimate of drug-likeness (QED) is 0.108. The van der Waals surface area contributed by atoms with Crippen LogP contribution in [0.4, 0.5) is 8.78 Å². The summed E-state index contributed by atoms with van der Waals surface area (Å²) in [5, 5.41) is 0.781. The lowest BCUT2D eigenvalue weighted by atomic mass is 10.0. The number of rotatable bonds is 19. The second kappa shape index (κ2) is 16.9. The number of halogens is 2. The molecule has 0 radical (unpaired) electrons. The van der Waals surface area contributed by atoms with Gasteiger partial charge in [-0.25, -0.2) is 13.8 Å². The Labute approximate surface area is 260 Å². The molecular formula is C34H37F2N3O6. The summed E-state index contributed by atoms with van der Waals surface area (Å²) in [5.74, 6) is -1.48. The lowest BCUT2D eigenvalue weighted by Crippen LogP contribution is -2.14. The van der Waals surface area contributed by atoms with Crippen LogP contribution in [0.5, 0.6) is 5.88 Å². The third kappa shape index (κ3) is 8.80. The molecule has 3 aromatic heterocycles. The first-order valence-electron chi connectivity index (χ1n) is 14.9. The Bertz CT molecular complexity index is 1630. The fraction of sp³-hybridized carbons (Fsp3) is 0.353. The second-order valence-corrected chi connectivity index (χ2v) is 10.1. The number of aromatic nitrogens is 3. The van der Waals surface area contributed by atoms with Crippen LogP contribution < -0.4 is 4.74 Å². The molecule has 45 heavy (non-hydrogen) atoms. The molecule has 9 nitrogen and oxygen atoms in total. The van der Waals surface area contributed by atoms with Crippen LogP contribution in [0.25, 0.3) is 32.9 Å². The molecule has 0 spiro atoms. The Morgan fingerprint density at radius 2 is 1.31 bits per heavy atom. The van der Waals surface area contributed by atoms with Gasteiger partial charge in [0, 0.05) is 53.6 Å². The molecular weight excluding hydrogens is 584 g/mol. The Kier molecular flexibility index (Phi) is 12.2. The second-order valence-electron chi connectivity index (χ2n) is 10.1. The van der Waals surface area contributed by atoms with Crippen molar-refractivity contribution in [3.63, 3.8) is 0 Å². The minimum atomic E-state index is -0.929. The van der Waals surface area contributed by atoms with E-state index in [9.17, 15) is 0 Å². The SMILES string of the molecule is Cn1c2ccncc2c2c(F)c(F)c(-c3ccc(OCCOCCOCCOCCOCCOCc4ccccc4)nc3)cc21. The van der Waals surface area contributed by atoms with Gasteiger partial charge in [0.2, 0.25) is 5.88 Å². The van der Waals surface area contributed by atoms with Crippen LogP contribution in [0, 0.1) is 11.6 Å². The first-order chi connectivity index (χ1) is 22.1. The molecule has 238 valence electrons. The van der Waals surface area contributed by atoms with Gasteiger partial charge in [-0.3, -0.25) is 4.98 Å². The molecule has 0 aliphatic rings. The fourth-order valence-corrected chi connectivity index (χ4v) is 4.82. The van der Waals surface area contributed by atoms with E-state index in [1.165, 1.54) is 6.20 Å². The van der Waals surface area contributed by atoms with Gasteiger partial charge in [0.1, 0.15) is 6.61 Å². The highest BCUT2D eigenvalue weighted by molar-refractivity contribution is 6.09. The average molecular weight is 622 g/mol. The van der Waals surface area contributed by atoms with Crippen molar-refractivity contribution in [3.05, 3.63) is 90.4 Å². The molecule has 5 aromatic rings. The third-order valence-corrected chi connectivity index (χ3v) is 7.10. The third-order valence-electron chi connectivity index (χ3n) is 7.10. The van der Waals surface area contributed by atoms with Crippen LogP contribution in [-0.2, 0) is 37.3 Å². The molecule has 0 amide bonds. The Balaban J connectivity index is 0.906. The average Bonchev–Trinajstić information content (AvgIpc) is 3.36. The molecule has 0 saturated carbocycles. The summed E-state index contributed by atoms with van der Waals surface area (Å²) in [6.07, 6.45) is 4.64. The van der Waals surface area contributed by atoms with Gasteiger partial charge in [-0.05, 0) is 23.8 Å². The van der Waals surface area contributed by atoms with Gasteiger partial charge in [-0.1, -0.05) is 30.3 Å². The first kappa shape index (κ1) is 32.4. The Morgan fingerprint density at radius 3 is 1.96 bits per heavy atom.